The van der Waals surface area contributed by atoms with Crippen molar-refractivity contribution in [2.24, 2.45) is 7.05 Å². The molecule has 4 N–H and O–H groups in total. The number of aliphatic hydroxyl groups excluding tert-OH is 1. The number of hydrogen-bond donors (Lipinski definition) is 4. The van der Waals surface area contributed by atoms with Crippen LogP contribution in [0.25, 0.3) is 0 Å². The summed E-state index contributed by atoms with van der Waals surface area (Å²) in [6.07, 6.45) is 1.47. The van der Waals surface area contributed by atoms with Crippen LogP contribution in [0, 0.1) is 11.6 Å². The molecule has 2 aromatic carbocycles. The lowest BCUT2D eigenvalue weighted by molar-refractivity contribution is -0.114. The average molecular weight is 499 g/mol. The number of rotatable bonds is 11. The highest BCUT2D eigenvalue weighted by Crippen LogP contribution is 2.16. The third kappa shape index (κ3) is 7.73. The molecule has 2 amide bonds. The van der Waals surface area contributed by atoms with Gasteiger partial charge < -0.3 is 25.6 Å². The third-order valence-corrected chi connectivity index (χ3v) is 5.80. The van der Waals surface area contributed by atoms with Gasteiger partial charge in [0.1, 0.15) is 17.3 Å². The summed E-state index contributed by atoms with van der Waals surface area (Å²) in [4.78, 5) is 24.4. The molecule has 2 atom stereocenters. The highest BCUT2D eigenvalue weighted by Gasteiger charge is 2.24. The first-order valence-electron chi connectivity index (χ1n) is 11.8. The molecule has 0 aliphatic heterocycles. The van der Waals surface area contributed by atoms with Crippen molar-refractivity contribution in [3.05, 3.63) is 88.7 Å². The van der Waals surface area contributed by atoms with E-state index < -0.39 is 29.7 Å². The number of amides is 2. The molecule has 0 spiro atoms. The average Bonchev–Trinajstić information content (AvgIpc) is 3.17. The monoisotopic (exact) mass is 498 g/mol. The number of nitrogens with one attached hydrogen (secondary N) is 3. The van der Waals surface area contributed by atoms with Gasteiger partial charge in [-0.15, -0.1) is 0 Å². The predicted octanol–water partition coefficient (Wildman–Crippen LogP) is 3.32. The Balaban J connectivity index is 1.74. The number of benzene rings is 2. The third-order valence-electron chi connectivity index (χ3n) is 5.80. The van der Waals surface area contributed by atoms with Crippen LogP contribution in [0.3, 0.4) is 0 Å². The number of anilines is 1. The van der Waals surface area contributed by atoms with E-state index in [1.54, 1.807) is 17.8 Å². The van der Waals surface area contributed by atoms with Crippen LogP contribution >= 0.6 is 0 Å². The normalized spacial score (nSPS) is 12.7. The molecule has 7 nitrogen and oxygen atoms in total. The van der Waals surface area contributed by atoms with Gasteiger partial charge in [-0.25, -0.2) is 8.78 Å². The number of hydrogen-bond acceptors (Lipinski definition) is 4. The van der Waals surface area contributed by atoms with Crippen molar-refractivity contribution in [1.82, 2.24) is 15.2 Å². The Morgan fingerprint density at radius 1 is 1.03 bits per heavy atom. The van der Waals surface area contributed by atoms with Gasteiger partial charge in [0, 0.05) is 39.3 Å². The molecule has 3 aromatic rings. The summed E-state index contributed by atoms with van der Waals surface area (Å²) in [5.41, 5.74) is 3.28. The fourth-order valence-corrected chi connectivity index (χ4v) is 4.04. The van der Waals surface area contributed by atoms with Crippen molar-refractivity contribution in [3.63, 3.8) is 0 Å². The highest BCUT2D eigenvalue weighted by atomic mass is 19.1. The Hall–Kier alpha value is -3.56. The van der Waals surface area contributed by atoms with Crippen molar-refractivity contribution in [3.8, 4) is 0 Å². The standard InChI is InChI=1S/C27H32F2N4O3/c1-4-18-6-5-7-19(8-18)14-30-15-26(35)24(11-20-9-21(28)12-22(29)10-20)32-27(36)25-13-23(16-33(25)3)31-17(2)34/h5-10,12-13,16,24,26,30,35H,4,11,14-15H2,1-3H3,(H,31,34)(H,32,36)/t24-,26+/m1/s1. The number of carbonyl (C=O) groups excluding carboxylic acids is 2. The summed E-state index contributed by atoms with van der Waals surface area (Å²) in [5.74, 6) is -2.24. The second-order valence-corrected chi connectivity index (χ2v) is 8.84. The molecule has 0 saturated carbocycles. The summed E-state index contributed by atoms with van der Waals surface area (Å²) in [5, 5.41) is 19.5. The molecule has 1 heterocycles. The zero-order valence-electron chi connectivity index (χ0n) is 20.6. The van der Waals surface area contributed by atoms with Crippen molar-refractivity contribution in [2.75, 3.05) is 11.9 Å². The first kappa shape index (κ1) is 27.0. The van der Waals surface area contributed by atoms with E-state index in [1.165, 1.54) is 30.7 Å². The van der Waals surface area contributed by atoms with E-state index in [-0.39, 0.29) is 24.6 Å². The first-order valence-corrected chi connectivity index (χ1v) is 11.8. The fraction of sp³-hybridized carbons (Fsp3) is 0.333. The number of aliphatic hydroxyl groups is 1. The van der Waals surface area contributed by atoms with E-state index in [1.807, 2.05) is 18.2 Å². The second-order valence-electron chi connectivity index (χ2n) is 8.84. The van der Waals surface area contributed by atoms with Crippen LogP contribution in [0.2, 0.25) is 0 Å². The van der Waals surface area contributed by atoms with Crippen molar-refractivity contribution in [2.45, 2.75) is 45.4 Å². The number of carbonyl (C=O) groups is 2. The van der Waals surface area contributed by atoms with Gasteiger partial charge in [-0.3, -0.25) is 9.59 Å². The van der Waals surface area contributed by atoms with Crippen LogP contribution in [0.1, 0.15) is 41.0 Å². The lowest BCUT2D eigenvalue weighted by Crippen LogP contribution is -2.49. The van der Waals surface area contributed by atoms with Gasteiger partial charge in [-0.05, 0) is 47.7 Å². The molecule has 0 radical (unpaired) electrons. The van der Waals surface area contributed by atoms with Crippen LogP contribution in [0.5, 0.6) is 0 Å². The van der Waals surface area contributed by atoms with E-state index in [0.29, 0.717) is 17.8 Å². The molecule has 0 unspecified atom stereocenters. The molecule has 192 valence electrons. The second kappa shape index (κ2) is 12.4. The zero-order chi connectivity index (χ0) is 26.2. The quantitative estimate of drug-likeness (QED) is 0.326. The molecule has 1 aromatic heterocycles. The van der Waals surface area contributed by atoms with Crippen molar-refractivity contribution >= 4 is 17.5 Å². The van der Waals surface area contributed by atoms with Crippen LogP contribution in [-0.4, -0.2) is 40.2 Å². The zero-order valence-corrected chi connectivity index (χ0v) is 20.6. The maximum atomic E-state index is 13.8. The summed E-state index contributed by atoms with van der Waals surface area (Å²) in [6, 6.07) is 11.9. The minimum atomic E-state index is -1.05. The molecule has 0 bridgehead atoms. The van der Waals surface area contributed by atoms with E-state index >= 15 is 0 Å². The topological polar surface area (TPSA) is 95.4 Å². The van der Waals surface area contributed by atoms with Gasteiger partial charge in [0.15, 0.2) is 0 Å². The highest BCUT2D eigenvalue weighted by molar-refractivity contribution is 5.96. The van der Waals surface area contributed by atoms with E-state index in [9.17, 15) is 23.5 Å². The molecule has 0 saturated heterocycles. The van der Waals surface area contributed by atoms with E-state index in [4.69, 9.17) is 0 Å². The Morgan fingerprint density at radius 2 is 1.72 bits per heavy atom. The van der Waals surface area contributed by atoms with Gasteiger partial charge >= 0.3 is 0 Å². The number of nitrogens with zero attached hydrogens (tertiary/aromatic N) is 1. The SMILES string of the molecule is CCc1cccc(CNC[C@H](O)[C@@H](Cc2cc(F)cc(F)c2)NC(=O)c2cc(NC(C)=O)cn2C)c1. The minimum absolute atomic E-state index is 0.0115. The molecular formula is C27H32F2N4O3. The maximum absolute atomic E-state index is 13.8. The Labute approximate surface area is 209 Å². The van der Waals surface area contributed by atoms with Crippen LogP contribution in [-0.2, 0) is 31.2 Å². The first-order chi connectivity index (χ1) is 17.1. The molecule has 9 heteroatoms. The Kier molecular flexibility index (Phi) is 9.32. The van der Waals surface area contributed by atoms with Gasteiger partial charge in [-0.1, -0.05) is 31.2 Å². The van der Waals surface area contributed by atoms with Crippen LogP contribution in [0.4, 0.5) is 14.5 Å². The Bertz CT molecular complexity index is 1190. The summed E-state index contributed by atoms with van der Waals surface area (Å²) in [6.45, 7) is 4.09. The van der Waals surface area contributed by atoms with E-state index in [2.05, 4.69) is 28.9 Å². The summed E-state index contributed by atoms with van der Waals surface area (Å²) in [7, 11) is 1.65. The van der Waals surface area contributed by atoms with Crippen molar-refractivity contribution < 1.29 is 23.5 Å². The van der Waals surface area contributed by atoms with Gasteiger partial charge in [0.25, 0.3) is 5.91 Å². The summed E-state index contributed by atoms with van der Waals surface area (Å²) >= 11 is 0. The number of halogens is 2. The summed E-state index contributed by atoms with van der Waals surface area (Å²) < 4.78 is 29.1. The molecule has 36 heavy (non-hydrogen) atoms. The minimum Gasteiger partial charge on any atom is -0.390 e. The fourth-order valence-electron chi connectivity index (χ4n) is 4.04. The van der Waals surface area contributed by atoms with Gasteiger partial charge in [0.2, 0.25) is 5.91 Å². The molecule has 0 aliphatic carbocycles. The lowest BCUT2D eigenvalue weighted by atomic mass is 10.00. The number of aromatic nitrogens is 1. The molecule has 3 rings (SSSR count). The molecule has 0 fully saturated rings. The molecule has 0 aliphatic rings. The lowest BCUT2D eigenvalue weighted by Gasteiger charge is -2.25. The largest absolute Gasteiger partial charge is 0.390 e. The van der Waals surface area contributed by atoms with Crippen molar-refractivity contribution in [1.29, 1.82) is 0 Å². The van der Waals surface area contributed by atoms with E-state index in [0.717, 1.165) is 18.1 Å². The Morgan fingerprint density at radius 3 is 2.39 bits per heavy atom. The van der Waals surface area contributed by atoms with Crippen LogP contribution in [0.15, 0.2) is 54.7 Å². The molecular weight excluding hydrogens is 466 g/mol. The number of aryl methyl sites for hydroxylation is 2. The van der Waals surface area contributed by atoms with Crippen LogP contribution < -0.4 is 16.0 Å². The smallest absolute Gasteiger partial charge is 0.268 e. The predicted molar refractivity (Wildman–Crippen MR) is 135 cm³/mol. The van der Waals surface area contributed by atoms with Gasteiger partial charge in [0.05, 0.1) is 17.8 Å². The maximum Gasteiger partial charge on any atom is 0.268 e. The van der Waals surface area contributed by atoms with Gasteiger partial charge in [-0.2, -0.15) is 0 Å².